The maximum absolute atomic E-state index is 5.79. The molecule has 3 nitrogen and oxygen atoms in total. The van der Waals surface area contributed by atoms with E-state index in [1.54, 1.807) is 0 Å². The topological polar surface area (TPSA) is 27.7 Å². The normalized spacial score (nSPS) is 10.7. The van der Waals surface area contributed by atoms with Crippen LogP contribution in [-0.2, 0) is 35.0 Å². The van der Waals surface area contributed by atoms with Crippen LogP contribution in [0.4, 0.5) is 4.70 Å². The average Bonchev–Trinajstić information content (AvgIpc) is 2.26. The van der Waals surface area contributed by atoms with Gasteiger partial charge in [-0.25, -0.2) is 0 Å². The van der Waals surface area contributed by atoms with Gasteiger partial charge in [0, 0.05) is 47.6 Å². The molecular formula is C12H29FO3SiTi. The summed E-state index contributed by atoms with van der Waals surface area (Å²) in [6.07, 6.45) is 4.94. The summed E-state index contributed by atoms with van der Waals surface area (Å²) in [7, 11) is -2.35. The molecule has 18 heavy (non-hydrogen) atoms. The first kappa shape index (κ1) is 23.8. The summed E-state index contributed by atoms with van der Waals surface area (Å²) in [5.74, 6) is 0. The van der Waals surface area contributed by atoms with Crippen LogP contribution in [0.2, 0.25) is 6.04 Å². The molecule has 0 amide bonds. The second-order valence-corrected chi connectivity index (χ2v) is 6.52. The third kappa shape index (κ3) is 10.6. The van der Waals surface area contributed by atoms with Crippen LogP contribution < -0.4 is 0 Å². The van der Waals surface area contributed by atoms with E-state index in [1.807, 2.05) is 20.8 Å². The molecule has 0 saturated heterocycles. The molecule has 110 valence electrons. The largest absolute Gasteiger partial charge is 0.500 e. The number of hydrogen-bond donors (Lipinski definition) is 0. The summed E-state index contributed by atoms with van der Waals surface area (Å²) in [5, 5.41) is 0. The molecule has 0 N–H and O–H groups in total. The van der Waals surface area contributed by atoms with Crippen molar-refractivity contribution in [1.29, 1.82) is 0 Å². The number of rotatable bonds is 11. The van der Waals surface area contributed by atoms with Gasteiger partial charge in [0.25, 0.3) is 0 Å². The summed E-state index contributed by atoms with van der Waals surface area (Å²) in [6.45, 7) is 10.3. The maximum Gasteiger partial charge on any atom is 0.500 e. The summed E-state index contributed by atoms with van der Waals surface area (Å²) < 4.78 is 17.4. The van der Waals surface area contributed by atoms with Gasteiger partial charge in [-0.1, -0.05) is 26.2 Å². The molecule has 0 saturated carbocycles. The SMILES string of the molecule is CCCCCC[Si](OCC)(OCC)OCC.F.[Ti]. The van der Waals surface area contributed by atoms with E-state index in [-0.39, 0.29) is 26.4 Å². The van der Waals surface area contributed by atoms with Crippen molar-refractivity contribution in [3.63, 3.8) is 0 Å². The second kappa shape index (κ2) is 15.8. The molecule has 0 aromatic carbocycles. The van der Waals surface area contributed by atoms with Crippen molar-refractivity contribution in [2.75, 3.05) is 19.8 Å². The standard InChI is InChI=1S/C12H28O3Si.FH.Ti/c1-5-9-10-11-12-16(13-6-2,14-7-3)15-8-4;;/h5-12H2,1-4H3;1H;. The van der Waals surface area contributed by atoms with E-state index in [0.29, 0.717) is 19.8 Å². The third-order valence-corrected chi connectivity index (χ3v) is 5.58. The number of halogens is 1. The molecule has 0 aliphatic rings. The summed E-state index contributed by atoms with van der Waals surface area (Å²) in [4.78, 5) is 0. The van der Waals surface area contributed by atoms with Gasteiger partial charge in [-0.05, 0) is 27.2 Å². The molecular weight excluding hydrogens is 287 g/mol. The Labute approximate surface area is 128 Å². The Kier molecular flexibility index (Phi) is 20.9. The number of unbranched alkanes of at least 4 members (excludes halogenated alkanes) is 3. The molecule has 0 atom stereocenters. The van der Waals surface area contributed by atoms with Crippen LogP contribution in [0.5, 0.6) is 0 Å². The molecule has 0 aromatic rings. The molecule has 0 unspecified atom stereocenters. The first-order chi connectivity index (χ1) is 7.74. The van der Waals surface area contributed by atoms with E-state index >= 15 is 0 Å². The Morgan fingerprint density at radius 2 is 1.17 bits per heavy atom. The summed E-state index contributed by atoms with van der Waals surface area (Å²) in [5.41, 5.74) is 0. The Morgan fingerprint density at radius 3 is 1.50 bits per heavy atom. The zero-order valence-electron chi connectivity index (χ0n) is 12.3. The predicted molar refractivity (Wildman–Crippen MR) is 72.1 cm³/mol. The quantitative estimate of drug-likeness (QED) is 0.429. The monoisotopic (exact) mass is 316 g/mol. The second-order valence-electron chi connectivity index (χ2n) is 3.79. The summed E-state index contributed by atoms with van der Waals surface area (Å²) in [6, 6.07) is 0.961. The summed E-state index contributed by atoms with van der Waals surface area (Å²) >= 11 is 0. The molecule has 0 fully saturated rings. The molecule has 0 bridgehead atoms. The molecule has 0 radical (unpaired) electrons. The van der Waals surface area contributed by atoms with Gasteiger partial charge in [-0.2, -0.15) is 0 Å². The third-order valence-electron chi connectivity index (χ3n) is 2.43. The molecule has 0 heterocycles. The van der Waals surface area contributed by atoms with Crippen LogP contribution in [0.1, 0.15) is 53.4 Å². The molecule has 0 aliphatic heterocycles. The molecule has 0 aromatic heterocycles. The van der Waals surface area contributed by atoms with Gasteiger partial charge in [0.2, 0.25) is 0 Å². The average molecular weight is 316 g/mol. The minimum atomic E-state index is -2.35. The van der Waals surface area contributed by atoms with Crippen molar-refractivity contribution < 1.29 is 39.7 Å². The fourth-order valence-corrected chi connectivity index (χ4v) is 4.46. The van der Waals surface area contributed by atoms with Crippen molar-refractivity contribution in [1.82, 2.24) is 0 Å². The first-order valence-corrected chi connectivity index (χ1v) is 8.59. The molecule has 0 rings (SSSR count). The van der Waals surface area contributed by atoms with E-state index < -0.39 is 8.80 Å². The minimum absolute atomic E-state index is 0. The molecule has 6 heteroatoms. The van der Waals surface area contributed by atoms with Crippen LogP contribution in [0.3, 0.4) is 0 Å². The van der Waals surface area contributed by atoms with Gasteiger partial charge < -0.3 is 13.3 Å². The van der Waals surface area contributed by atoms with Gasteiger partial charge in [-0.15, -0.1) is 0 Å². The minimum Gasteiger partial charge on any atom is -0.374 e. The fourth-order valence-electron chi connectivity index (χ4n) is 1.77. The van der Waals surface area contributed by atoms with Crippen molar-refractivity contribution in [2.45, 2.75) is 59.4 Å². The smallest absolute Gasteiger partial charge is 0.374 e. The van der Waals surface area contributed by atoms with Crippen molar-refractivity contribution in [3.8, 4) is 0 Å². The Balaban J connectivity index is -0.00000112. The van der Waals surface area contributed by atoms with Gasteiger partial charge in [-0.3, -0.25) is 4.70 Å². The van der Waals surface area contributed by atoms with E-state index in [4.69, 9.17) is 13.3 Å². The van der Waals surface area contributed by atoms with Crippen LogP contribution in [0, 0.1) is 0 Å². The van der Waals surface area contributed by atoms with E-state index in [0.717, 1.165) is 12.5 Å². The van der Waals surface area contributed by atoms with E-state index in [1.165, 1.54) is 19.3 Å². The van der Waals surface area contributed by atoms with Gasteiger partial charge in [0.15, 0.2) is 0 Å². The Morgan fingerprint density at radius 1 is 0.722 bits per heavy atom. The zero-order valence-corrected chi connectivity index (χ0v) is 14.9. The van der Waals surface area contributed by atoms with Gasteiger partial charge in [0.1, 0.15) is 0 Å². The fraction of sp³-hybridized carbons (Fsp3) is 1.00. The van der Waals surface area contributed by atoms with Crippen LogP contribution in [0.25, 0.3) is 0 Å². The number of hydrogen-bond acceptors (Lipinski definition) is 3. The Hall–Kier alpha value is 0.741. The molecule has 0 aliphatic carbocycles. The van der Waals surface area contributed by atoms with Gasteiger partial charge >= 0.3 is 8.80 Å². The Bertz CT molecular complexity index is 147. The maximum atomic E-state index is 5.79. The first-order valence-electron chi connectivity index (χ1n) is 6.66. The van der Waals surface area contributed by atoms with Crippen LogP contribution in [-0.4, -0.2) is 28.6 Å². The van der Waals surface area contributed by atoms with E-state index in [9.17, 15) is 0 Å². The van der Waals surface area contributed by atoms with E-state index in [2.05, 4.69) is 6.92 Å². The zero-order chi connectivity index (χ0) is 12.3. The van der Waals surface area contributed by atoms with Gasteiger partial charge in [0.05, 0.1) is 0 Å². The van der Waals surface area contributed by atoms with Crippen molar-refractivity contribution in [2.24, 2.45) is 0 Å². The van der Waals surface area contributed by atoms with Crippen LogP contribution in [0.15, 0.2) is 0 Å². The van der Waals surface area contributed by atoms with Crippen molar-refractivity contribution in [3.05, 3.63) is 0 Å². The van der Waals surface area contributed by atoms with Crippen LogP contribution >= 0.6 is 0 Å². The predicted octanol–water partition coefficient (Wildman–Crippen LogP) is 3.77. The van der Waals surface area contributed by atoms with Crippen molar-refractivity contribution >= 4 is 8.80 Å². The molecule has 0 spiro atoms.